The van der Waals surface area contributed by atoms with Gasteiger partial charge in [-0.25, -0.2) is 0 Å². The number of nitro benzene ring substituents is 1. The molecule has 0 radical (unpaired) electrons. The van der Waals surface area contributed by atoms with E-state index in [1.807, 2.05) is 0 Å². The standard InChI is InChI=1S/C12H14N2O4/c15-8-12(5-2-6-12)13-11(16)9-3-1-4-10(7-9)14(17)18/h1,3-4,7,15H,2,5-6,8H2,(H,13,16). The Morgan fingerprint density at radius 1 is 1.50 bits per heavy atom. The Kier molecular flexibility index (Phi) is 3.29. The van der Waals surface area contributed by atoms with Crippen LogP contribution in [0.4, 0.5) is 5.69 Å². The average molecular weight is 250 g/mol. The monoisotopic (exact) mass is 250 g/mol. The van der Waals surface area contributed by atoms with Crippen LogP contribution in [0.2, 0.25) is 0 Å². The third-order valence-corrected chi connectivity index (χ3v) is 3.31. The third-order valence-electron chi connectivity index (χ3n) is 3.31. The van der Waals surface area contributed by atoms with E-state index in [1.54, 1.807) is 0 Å². The maximum Gasteiger partial charge on any atom is 0.270 e. The van der Waals surface area contributed by atoms with Crippen LogP contribution in [0.15, 0.2) is 24.3 Å². The highest BCUT2D eigenvalue weighted by atomic mass is 16.6. The van der Waals surface area contributed by atoms with Crippen molar-refractivity contribution in [3.8, 4) is 0 Å². The van der Waals surface area contributed by atoms with Gasteiger partial charge in [-0.1, -0.05) is 6.07 Å². The van der Waals surface area contributed by atoms with E-state index in [-0.39, 0.29) is 23.8 Å². The van der Waals surface area contributed by atoms with E-state index >= 15 is 0 Å². The Hall–Kier alpha value is -1.95. The molecule has 0 spiro atoms. The molecule has 0 heterocycles. The molecule has 1 saturated carbocycles. The molecular formula is C12H14N2O4. The van der Waals surface area contributed by atoms with Gasteiger partial charge >= 0.3 is 0 Å². The lowest BCUT2D eigenvalue weighted by Gasteiger charge is -2.40. The molecule has 0 bridgehead atoms. The molecule has 1 aliphatic rings. The lowest BCUT2D eigenvalue weighted by atomic mass is 9.77. The zero-order valence-electron chi connectivity index (χ0n) is 9.76. The molecule has 96 valence electrons. The molecule has 1 fully saturated rings. The van der Waals surface area contributed by atoms with Crippen molar-refractivity contribution in [2.75, 3.05) is 6.61 Å². The van der Waals surface area contributed by atoms with Crippen molar-refractivity contribution in [1.29, 1.82) is 0 Å². The van der Waals surface area contributed by atoms with Crippen molar-refractivity contribution in [2.24, 2.45) is 0 Å². The molecular weight excluding hydrogens is 236 g/mol. The van der Waals surface area contributed by atoms with Gasteiger partial charge in [-0.15, -0.1) is 0 Å². The van der Waals surface area contributed by atoms with E-state index in [9.17, 15) is 20.0 Å². The number of rotatable bonds is 4. The fraction of sp³-hybridized carbons (Fsp3) is 0.417. The summed E-state index contributed by atoms with van der Waals surface area (Å²) in [5.41, 5.74) is -0.417. The molecule has 0 aromatic heterocycles. The Labute approximate surface area is 104 Å². The first kappa shape index (κ1) is 12.5. The molecule has 2 rings (SSSR count). The fourth-order valence-corrected chi connectivity index (χ4v) is 2.00. The van der Waals surface area contributed by atoms with Crippen LogP contribution in [-0.2, 0) is 0 Å². The van der Waals surface area contributed by atoms with E-state index in [4.69, 9.17) is 0 Å². The summed E-state index contributed by atoms with van der Waals surface area (Å²) >= 11 is 0. The highest BCUT2D eigenvalue weighted by molar-refractivity contribution is 5.95. The SMILES string of the molecule is O=C(NC1(CO)CCC1)c1cccc([N+](=O)[O-])c1. The van der Waals surface area contributed by atoms with Gasteiger partial charge < -0.3 is 10.4 Å². The number of nitrogens with one attached hydrogen (secondary N) is 1. The Bertz CT molecular complexity index is 477. The number of carbonyl (C=O) groups excluding carboxylic acids is 1. The molecule has 2 N–H and O–H groups in total. The lowest BCUT2D eigenvalue weighted by Crippen LogP contribution is -2.56. The molecule has 1 amide bonds. The maximum atomic E-state index is 11.9. The van der Waals surface area contributed by atoms with Crippen LogP contribution in [0, 0.1) is 10.1 Å². The largest absolute Gasteiger partial charge is 0.394 e. The van der Waals surface area contributed by atoms with Crippen LogP contribution in [-0.4, -0.2) is 28.1 Å². The minimum Gasteiger partial charge on any atom is -0.394 e. The Morgan fingerprint density at radius 3 is 2.72 bits per heavy atom. The number of amides is 1. The number of benzene rings is 1. The Morgan fingerprint density at radius 2 is 2.22 bits per heavy atom. The summed E-state index contributed by atoms with van der Waals surface area (Å²) in [6.07, 6.45) is 2.45. The van der Waals surface area contributed by atoms with Crippen LogP contribution < -0.4 is 5.32 Å². The number of aliphatic hydroxyl groups excluding tert-OH is 1. The second kappa shape index (κ2) is 4.73. The molecule has 0 atom stereocenters. The van der Waals surface area contributed by atoms with E-state index in [0.717, 1.165) is 19.3 Å². The zero-order chi connectivity index (χ0) is 13.2. The Balaban J connectivity index is 2.13. The first-order chi connectivity index (χ1) is 8.56. The second-order valence-corrected chi connectivity index (χ2v) is 4.55. The topological polar surface area (TPSA) is 92.5 Å². The molecule has 1 aromatic rings. The van der Waals surface area contributed by atoms with Gasteiger partial charge in [0, 0.05) is 17.7 Å². The predicted molar refractivity (Wildman–Crippen MR) is 64.2 cm³/mol. The summed E-state index contributed by atoms with van der Waals surface area (Å²) in [6, 6.07) is 5.56. The van der Waals surface area contributed by atoms with E-state index in [0.29, 0.717) is 0 Å². The maximum absolute atomic E-state index is 11.9. The number of carbonyl (C=O) groups is 1. The van der Waals surface area contributed by atoms with Gasteiger partial charge in [0.05, 0.1) is 17.1 Å². The normalized spacial score (nSPS) is 16.7. The third kappa shape index (κ3) is 2.33. The second-order valence-electron chi connectivity index (χ2n) is 4.55. The summed E-state index contributed by atoms with van der Waals surface area (Å²) in [7, 11) is 0. The van der Waals surface area contributed by atoms with Gasteiger partial charge in [0.25, 0.3) is 11.6 Å². The van der Waals surface area contributed by atoms with Crippen molar-refractivity contribution >= 4 is 11.6 Å². The van der Waals surface area contributed by atoms with Crippen LogP contribution in [0.3, 0.4) is 0 Å². The molecule has 0 saturated heterocycles. The molecule has 0 aliphatic heterocycles. The van der Waals surface area contributed by atoms with Crippen molar-refractivity contribution < 1.29 is 14.8 Å². The molecule has 6 heteroatoms. The molecule has 1 aromatic carbocycles. The van der Waals surface area contributed by atoms with Crippen molar-refractivity contribution in [3.63, 3.8) is 0 Å². The summed E-state index contributed by atoms with van der Waals surface area (Å²) < 4.78 is 0. The minimum atomic E-state index is -0.540. The van der Waals surface area contributed by atoms with Crippen molar-refractivity contribution in [3.05, 3.63) is 39.9 Å². The minimum absolute atomic E-state index is 0.104. The molecule has 18 heavy (non-hydrogen) atoms. The summed E-state index contributed by atoms with van der Waals surface area (Å²) in [6.45, 7) is -0.104. The summed E-state index contributed by atoms with van der Waals surface area (Å²) in [5.74, 6) is -0.382. The lowest BCUT2D eigenvalue weighted by molar-refractivity contribution is -0.384. The zero-order valence-corrected chi connectivity index (χ0v) is 9.76. The van der Waals surface area contributed by atoms with Gasteiger partial charge in [0.1, 0.15) is 0 Å². The van der Waals surface area contributed by atoms with E-state index < -0.39 is 10.5 Å². The number of nitrogens with zero attached hydrogens (tertiary/aromatic N) is 1. The summed E-state index contributed by atoms with van der Waals surface area (Å²) in [4.78, 5) is 22.0. The number of nitro groups is 1. The van der Waals surface area contributed by atoms with Crippen LogP contribution in [0.5, 0.6) is 0 Å². The predicted octanol–water partition coefficient (Wildman–Crippen LogP) is 1.24. The van der Waals surface area contributed by atoms with Gasteiger partial charge in [-0.2, -0.15) is 0 Å². The van der Waals surface area contributed by atoms with Crippen LogP contribution in [0.1, 0.15) is 29.6 Å². The first-order valence-electron chi connectivity index (χ1n) is 5.74. The highest BCUT2D eigenvalue weighted by Crippen LogP contribution is 2.31. The van der Waals surface area contributed by atoms with Gasteiger partial charge in [0.2, 0.25) is 0 Å². The molecule has 1 aliphatic carbocycles. The van der Waals surface area contributed by atoms with E-state index in [2.05, 4.69) is 5.32 Å². The number of hydrogen-bond acceptors (Lipinski definition) is 4. The smallest absolute Gasteiger partial charge is 0.270 e. The number of non-ortho nitro benzene ring substituents is 1. The molecule has 0 unspecified atom stereocenters. The van der Waals surface area contributed by atoms with E-state index in [1.165, 1.54) is 24.3 Å². The number of hydrogen-bond donors (Lipinski definition) is 2. The van der Waals surface area contributed by atoms with Gasteiger partial charge in [-0.05, 0) is 25.3 Å². The van der Waals surface area contributed by atoms with Crippen LogP contribution >= 0.6 is 0 Å². The van der Waals surface area contributed by atoms with Gasteiger partial charge in [0.15, 0.2) is 0 Å². The molecule has 6 nitrogen and oxygen atoms in total. The summed E-state index contributed by atoms with van der Waals surface area (Å²) in [5, 5.41) is 22.6. The number of aliphatic hydroxyl groups is 1. The van der Waals surface area contributed by atoms with Crippen molar-refractivity contribution in [1.82, 2.24) is 5.32 Å². The van der Waals surface area contributed by atoms with Crippen molar-refractivity contribution in [2.45, 2.75) is 24.8 Å². The highest BCUT2D eigenvalue weighted by Gasteiger charge is 2.37. The first-order valence-corrected chi connectivity index (χ1v) is 5.74. The quantitative estimate of drug-likeness (QED) is 0.621. The van der Waals surface area contributed by atoms with Crippen LogP contribution in [0.25, 0.3) is 0 Å². The van der Waals surface area contributed by atoms with Gasteiger partial charge in [-0.3, -0.25) is 14.9 Å². The fourth-order valence-electron chi connectivity index (χ4n) is 2.00. The average Bonchev–Trinajstić information content (AvgIpc) is 2.33.